The van der Waals surface area contributed by atoms with Crippen molar-refractivity contribution in [3.8, 4) is 0 Å². The van der Waals surface area contributed by atoms with E-state index >= 15 is 0 Å². The first-order valence-electron chi connectivity index (χ1n) is 10.4. The number of nitrogens with one attached hydrogen (secondary N) is 2. The lowest BCUT2D eigenvalue weighted by molar-refractivity contribution is -0.141. The molecule has 174 valence electrons. The van der Waals surface area contributed by atoms with Gasteiger partial charge in [-0.3, -0.25) is 15.0 Å². The zero-order valence-electron chi connectivity index (χ0n) is 17.8. The summed E-state index contributed by atoms with van der Waals surface area (Å²) in [4.78, 5) is 38.3. The van der Waals surface area contributed by atoms with E-state index in [9.17, 15) is 22.8 Å². The summed E-state index contributed by atoms with van der Waals surface area (Å²) in [5.41, 5.74) is 1.72. The molecule has 2 fully saturated rings. The Kier molecular flexibility index (Phi) is 6.17. The van der Waals surface area contributed by atoms with Crippen LogP contribution in [0.5, 0.6) is 0 Å². The molecule has 0 radical (unpaired) electrons. The Morgan fingerprint density at radius 1 is 1.06 bits per heavy atom. The minimum absolute atomic E-state index is 0.134. The molecule has 9 nitrogen and oxygen atoms in total. The molecule has 2 aromatic carbocycles. The summed E-state index contributed by atoms with van der Waals surface area (Å²) in [6, 6.07) is 13.9. The predicted octanol–water partition coefficient (Wildman–Crippen LogP) is 2.24. The fourth-order valence-corrected chi connectivity index (χ4v) is 5.62. The number of benzene rings is 2. The Labute approximate surface area is 196 Å². The maximum absolute atomic E-state index is 13.0. The molecule has 0 spiro atoms. The number of hydrogen-bond donors (Lipinski definition) is 2. The zero-order chi connectivity index (χ0) is 23.8. The van der Waals surface area contributed by atoms with Crippen LogP contribution >= 0.6 is 11.6 Å². The maximum atomic E-state index is 13.0. The summed E-state index contributed by atoms with van der Waals surface area (Å²) < 4.78 is 27.0. The number of urea groups is 1. The van der Waals surface area contributed by atoms with E-state index in [1.165, 1.54) is 28.6 Å². The second kappa shape index (κ2) is 8.77. The number of rotatable bonds is 5. The number of hydrazine groups is 1. The molecule has 2 aliphatic rings. The van der Waals surface area contributed by atoms with Gasteiger partial charge in [-0.25, -0.2) is 13.2 Å². The lowest BCUT2D eigenvalue weighted by atomic mass is 9.92. The molecular formula is C22H23ClN4O5S. The van der Waals surface area contributed by atoms with Gasteiger partial charge in [0.15, 0.2) is 0 Å². The van der Waals surface area contributed by atoms with Crippen LogP contribution in [0, 0.1) is 5.92 Å². The molecular weight excluding hydrogens is 468 g/mol. The minimum Gasteiger partial charge on any atom is -0.318 e. The minimum atomic E-state index is -3.70. The van der Waals surface area contributed by atoms with Gasteiger partial charge in [0, 0.05) is 24.0 Å². The summed E-state index contributed by atoms with van der Waals surface area (Å²) in [5, 5.41) is 3.77. The second-order valence-corrected chi connectivity index (χ2v) is 10.5. The Balaban J connectivity index is 1.39. The number of amides is 4. The van der Waals surface area contributed by atoms with Crippen molar-refractivity contribution in [2.75, 3.05) is 13.1 Å². The lowest BCUT2D eigenvalue weighted by Gasteiger charge is -2.31. The second-order valence-electron chi connectivity index (χ2n) is 8.17. The number of sulfonamides is 1. The third-order valence-electron chi connectivity index (χ3n) is 6.04. The average Bonchev–Trinajstić information content (AvgIpc) is 3.04. The highest BCUT2D eigenvalue weighted by Gasteiger charge is 2.50. The van der Waals surface area contributed by atoms with Crippen LogP contribution in [-0.2, 0) is 25.2 Å². The van der Waals surface area contributed by atoms with Crippen molar-refractivity contribution in [2.45, 2.75) is 30.2 Å². The first-order chi connectivity index (χ1) is 15.6. The molecule has 1 unspecified atom stereocenters. The topological polar surface area (TPSA) is 116 Å². The van der Waals surface area contributed by atoms with Crippen LogP contribution in [-0.4, -0.2) is 48.7 Å². The quantitative estimate of drug-likeness (QED) is 0.623. The normalized spacial score (nSPS) is 22.3. The van der Waals surface area contributed by atoms with E-state index in [4.69, 9.17) is 11.6 Å². The smallest absolute Gasteiger partial charge is 0.318 e. The van der Waals surface area contributed by atoms with Crippen LogP contribution in [0.1, 0.15) is 25.3 Å². The Hall–Kier alpha value is -2.95. The molecule has 33 heavy (non-hydrogen) atoms. The van der Waals surface area contributed by atoms with E-state index in [0.29, 0.717) is 15.6 Å². The number of halogens is 1. The standard InChI is InChI=1S/C22H23ClN4O5S/c1-22(16-5-3-2-4-6-16)20(29)27(21(30)24-22)25-19(28)15-11-13-26(14-12-15)33(31,32)18-9-7-17(23)8-10-18/h2-10,15H,11-14H2,1H3,(H,24,30)(H,25,28). The molecule has 2 aliphatic heterocycles. The number of nitrogens with zero attached hydrogens (tertiary/aromatic N) is 2. The van der Waals surface area contributed by atoms with E-state index in [-0.39, 0.29) is 30.8 Å². The molecule has 0 aromatic heterocycles. The molecule has 0 saturated carbocycles. The lowest BCUT2D eigenvalue weighted by Crippen LogP contribution is -2.51. The summed E-state index contributed by atoms with van der Waals surface area (Å²) >= 11 is 5.84. The van der Waals surface area contributed by atoms with Crippen molar-refractivity contribution >= 4 is 39.5 Å². The molecule has 2 N–H and O–H groups in total. The molecule has 0 aliphatic carbocycles. The van der Waals surface area contributed by atoms with E-state index < -0.39 is 39.3 Å². The van der Waals surface area contributed by atoms with Gasteiger partial charge in [-0.05, 0) is 49.6 Å². The third kappa shape index (κ3) is 4.33. The Morgan fingerprint density at radius 2 is 1.67 bits per heavy atom. The van der Waals surface area contributed by atoms with Crippen LogP contribution in [0.4, 0.5) is 4.79 Å². The highest BCUT2D eigenvalue weighted by Crippen LogP contribution is 2.29. The van der Waals surface area contributed by atoms with E-state index in [2.05, 4.69) is 10.7 Å². The number of carbonyl (C=O) groups excluding carboxylic acids is 3. The predicted molar refractivity (Wildman–Crippen MR) is 120 cm³/mol. The van der Waals surface area contributed by atoms with E-state index in [0.717, 1.165) is 0 Å². The molecule has 4 rings (SSSR count). The first-order valence-corrected chi connectivity index (χ1v) is 12.2. The maximum Gasteiger partial charge on any atom is 0.344 e. The van der Waals surface area contributed by atoms with Crippen molar-refractivity contribution < 1.29 is 22.8 Å². The third-order valence-corrected chi connectivity index (χ3v) is 8.20. The summed E-state index contributed by atoms with van der Waals surface area (Å²) in [7, 11) is -3.70. The molecule has 2 aromatic rings. The SMILES string of the molecule is CC1(c2ccccc2)NC(=O)N(NC(=O)C2CCN(S(=O)(=O)c3ccc(Cl)cc3)CC2)C1=O. The summed E-state index contributed by atoms with van der Waals surface area (Å²) in [6.07, 6.45) is 0.524. The van der Waals surface area contributed by atoms with Crippen molar-refractivity contribution in [1.29, 1.82) is 0 Å². The first kappa shape index (κ1) is 23.2. The molecule has 1 atom stereocenters. The molecule has 2 heterocycles. The molecule has 0 bridgehead atoms. The molecule has 11 heteroatoms. The monoisotopic (exact) mass is 490 g/mol. The zero-order valence-corrected chi connectivity index (χ0v) is 19.4. The Morgan fingerprint density at radius 3 is 2.27 bits per heavy atom. The van der Waals surface area contributed by atoms with Crippen molar-refractivity contribution in [3.05, 3.63) is 65.2 Å². The number of piperidine rings is 1. The molecule has 4 amide bonds. The highest BCUT2D eigenvalue weighted by atomic mass is 35.5. The van der Waals surface area contributed by atoms with Crippen molar-refractivity contribution in [1.82, 2.24) is 20.1 Å². The fraction of sp³-hybridized carbons (Fsp3) is 0.318. The van der Waals surface area contributed by atoms with Crippen LogP contribution in [0.3, 0.4) is 0 Å². The van der Waals surface area contributed by atoms with Gasteiger partial charge in [0.05, 0.1) is 4.90 Å². The highest BCUT2D eigenvalue weighted by molar-refractivity contribution is 7.89. The number of imide groups is 1. The number of hydrogen-bond acceptors (Lipinski definition) is 5. The van der Waals surface area contributed by atoms with Gasteiger partial charge in [-0.15, -0.1) is 0 Å². The van der Waals surface area contributed by atoms with E-state index in [1.807, 2.05) is 0 Å². The van der Waals surface area contributed by atoms with Gasteiger partial charge in [-0.1, -0.05) is 41.9 Å². The molecule has 2 saturated heterocycles. The largest absolute Gasteiger partial charge is 0.344 e. The van der Waals surface area contributed by atoms with Gasteiger partial charge in [0.1, 0.15) is 5.54 Å². The van der Waals surface area contributed by atoms with Crippen LogP contribution in [0.15, 0.2) is 59.5 Å². The van der Waals surface area contributed by atoms with Crippen molar-refractivity contribution in [3.63, 3.8) is 0 Å². The van der Waals surface area contributed by atoms with Crippen LogP contribution < -0.4 is 10.7 Å². The number of carbonyl (C=O) groups is 3. The van der Waals surface area contributed by atoms with Crippen LogP contribution in [0.25, 0.3) is 0 Å². The average molecular weight is 491 g/mol. The van der Waals surface area contributed by atoms with E-state index in [1.54, 1.807) is 37.3 Å². The van der Waals surface area contributed by atoms with Gasteiger partial charge >= 0.3 is 6.03 Å². The van der Waals surface area contributed by atoms with Crippen LogP contribution in [0.2, 0.25) is 5.02 Å². The fourth-order valence-electron chi connectivity index (χ4n) is 4.02. The van der Waals surface area contributed by atoms with Gasteiger partial charge < -0.3 is 5.32 Å². The van der Waals surface area contributed by atoms with Gasteiger partial charge in [0.2, 0.25) is 15.9 Å². The Bertz CT molecular complexity index is 1180. The van der Waals surface area contributed by atoms with Crippen molar-refractivity contribution in [2.24, 2.45) is 5.92 Å². The van der Waals surface area contributed by atoms with Gasteiger partial charge in [-0.2, -0.15) is 9.31 Å². The summed E-state index contributed by atoms with van der Waals surface area (Å²) in [6.45, 7) is 1.87. The van der Waals surface area contributed by atoms with Gasteiger partial charge in [0.25, 0.3) is 5.91 Å². The summed E-state index contributed by atoms with van der Waals surface area (Å²) in [5.74, 6) is -1.62.